The molecule has 30 heteroatoms. The second-order valence-corrected chi connectivity index (χ2v) is 29.0. The van der Waals surface area contributed by atoms with Crippen molar-refractivity contribution in [3.05, 3.63) is 11.6 Å². The molecular weight excluding hydrogens is 1200 g/mol. The number of hydrogen-bond donors (Lipinski definition) is 19. The average molecular weight is 1300 g/mol. The fourth-order valence-corrected chi connectivity index (χ4v) is 18.1. The molecule has 10 rings (SSSR count). The van der Waals surface area contributed by atoms with Crippen LogP contribution in [0, 0.1) is 50.2 Å². The summed E-state index contributed by atoms with van der Waals surface area (Å²) in [4.78, 5) is 14.9. The van der Waals surface area contributed by atoms with Crippen LogP contribution in [0.3, 0.4) is 0 Å². The minimum Gasteiger partial charge on any atom is -0.432 e. The van der Waals surface area contributed by atoms with Crippen LogP contribution in [0.1, 0.15) is 99.3 Å². The van der Waals surface area contributed by atoms with Crippen molar-refractivity contribution in [3.63, 3.8) is 0 Å². The molecule has 35 atom stereocenters. The summed E-state index contributed by atoms with van der Waals surface area (Å²) in [6, 6.07) is 0. The Hall–Kier alpha value is -1.91. The standard InChI is InChI=1S/C60H98O30/c1-55(2)13-14-60(54(80)90-51-45(79)41(75)36(70)27(19-63)83-51)24(15-55)23-7-8-31-56(3)11-10-33(57(4,22-66)30(56)9-12-58(31,5)59(23,6)16-32(60)67)86-53-48(89-50-44(78)40(74)35(69)26(18-62)82-50)46(38(72)29(21-65)85-53)87-52-47(42(76)37(71)28(20-64)84-52)88-49-43(77)39(73)34(68)25(17-61)81-49/h7,24-53,61-79H,8-22H2,1-6H3. The van der Waals surface area contributed by atoms with Gasteiger partial charge in [0.25, 0.3) is 0 Å². The van der Waals surface area contributed by atoms with E-state index in [9.17, 15) is 102 Å². The first-order valence-corrected chi connectivity index (χ1v) is 31.6. The molecule has 0 radical (unpaired) electrons. The Bertz CT molecular complexity index is 2490. The monoisotopic (exact) mass is 1300 g/mol. The highest BCUT2D eigenvalue weighted by Crippen LogP contribution is 2.76. The SMILES string of the molecule is CC1(C)CCC2(C(=O)OC3OC(CO)C(O)C(O)C3O)C(O)CC3(C)C(=CCC4C5(C)CCC(OC6OC(CO)C(O)C(OC7OC(CO)C(O)C(O)C7OC7OC(CO)C(O)C(O)C7O)C6OC6OC(CO)C(O)C(O)C6O)C(C)(CO)C5CCC43C)C2C1. The summed E-state index contributed by atoms with van der Waals surface area (Å²) in [5.41, 5.74) is -3.84. The molecule has 0 aromatic carbocycles. The van der Waals surface area contributed by atoms with E-state index in [2.05, 4.69) is 40.7 Å². The Morgan fingerprint density at radius 1 is 0.467 bits per heavy atom. The van der Waals surface area contributed by atoms with E-state index < -0.39 is 244 Å². The first-order chi connectivity index (χ1) is 42.3. The first-order valence-electron chi connectivity index (χ1n) is 31.6. The molecule has 0 bridgehead atoms. The number of aliphatic hydroxyl groups is 19. The van der Waals surface area contributed by atoms with Crippen LogP contribution in [0.5, 0.6) is 0 Å². The molecule has 10 aliphatic rings. The van der Waals surface area contributed by atoms with E-state index in [1.165, 1.54) is 0 Å². The largest absolute Gasteiger partial charge is 0.432 e. The highest BCUT2D eigenvalue weighted by Gasteiger charge is 2.73. The number of hydrogen-bond acceptors (Lipinski definition) is 30. The van der Waals surface area contributed by atoms with E-state index >= 15 is 0 Å². The van der Waals surface area contributed by atoms with E-state index in [1.807, 2.05) is 6.92 Å². The summed E-state index contributed by atoms with van der Waals surface area (Å²) < 4.78 is 60.9. The highest BCUT2D eigenvalue weighted by atomic mass is 16.8. The Kier molecular flexibility index (Phi) is 20.9. The first kappa shape index (κ1) is 70.9. The zero-order chi connectivity index (χ0) is 65.9. The quantitative estimate of drug-likeness (QED) is 0.0388. The third kappa shape index (κ3) is 11.6. The van der Waals surface area contributed by atoms with Crippen molar-refractivity contribution >= 4 is 5.97 Å². The second kappa shape index (κ2) is 26.5. The van der Waals surface area contributed by atoms with Crippen LogP contribution in [-0.2, 0) is 52.2 Å². The Morgan fingerprint density at radius 2 is 0.922 bits per heavy atom. The predicted molar refractivity (Wildman–Crippen MR) is 298 cm³/mol. The van der Waals surface area contributed by atoms with Crippen molar-refractivity contribution in [1.82, 2.24) is 0 Å². The lowest BCUT2D eigenvalue weighted by Crippen LogP contribution is -2.70. The molecule has 35 unspecified atom stereocenters. The molecule has 9 fully saturated rings. The maximum Gasteiger partial charge on any atom is 0.317 e. The summed E-state index contributed by atoms with van der Waals surface area (Å²) in [5.74, 6) is -1.83. The fraction of sp³-hybridized carbons (Fsp3) is 0.950. The van der Waals surface area contributed by atoms with Gasteiger partial charge in [-0.05, 0) is 97.2 Å². The van der Waals surface area contributed by atoms with Crippen molar-refractivity contribution in [1.29, 1.82) is 0 Å². The van der Waals surface area contributed by atoms with Gasteiger partial charge in [-0.3, -0.25) is 4.79 Å². The second-order valence-electron chi connectivity index (χ2n) is 29.0. The van der Waals surface area contributed by atoms with Gasteiger partial charge in [-0.1, -0.05) is 53.2 Å². The van der Waals surface area contributed by atoms with Gasteiger partial charge in [-0.25, -0.2) is 0 Å². The van der Waals surface area contributed by atoms with Gasteiger partial charge >= 0.3 is 5.97 Å². The lowest BCUT2D eigenvalue weighted by Gasteiger charge is -2.72. The molecule has 4 saturated carbocycles. The topological polar surface area (TPSA) is 494 Å². The molecule has 0 aromatic rings. The number of carbonyl (C=O) groups excluding carboxylic acids is 1. The van der Waals surface area contributed by atoms with Crippen LogP contribution in [0.15, 0.2) is 11.6 Å². The van der Waals surface area contributed by atoms with Crippen molar-refractivity contribution < 1.29 is 149 Å². The molecule has 518 valence electrons. The van der Waals surface area contributed by atoms with E-state index in [0.717, 1.165) is 5.57 Å². The minimum absolute atomic E-state index is 0.119. The summed E-state index contributed by atoms with van der Waals surface area (Å²) in [7, 11) is 0. The smallest absolute Gasteiger partial charge is 0.317 e. The summed E-state index contributed by atoms with van der Waals surface area (Å²) in [6.45, 7) is 7.73. The zero-order valence-corrected chi connectivity index (χ0v) is 51.5. The normalized spacial score (nSPS) is 54.5. The number of esters is 1. The van der Waals surface area contributed by atoms with E-state index in [-0.39, 0.29) is 36.5 Å². The average Bonchev–Trinajstić information content (AvgIpc) is 0.673. The zero-order valence-electron chi connectivity index (χ0n) is 51.5. The summed E-state index contributed by atoms with van der Waals surface area (Å²) in [6.07, 6.45) is -42.9. The number of carbonyl (C=O) groups is 1. The Morgan fingerprint density at radius 3 is 1.44 bits per heavy atom. The van der Waals surface area contributed by atoms with E-state index in [0.29, 0.717) is 38.5 Å². The van der Waals surface area contributed by atoms with Gasteiger partial charge in [0.2, 0.25) is 6.29 Å². The minimum atomic E-state index is -2.10. The number of aliphatic hydroxyl groups excluding tert-OH is 19. The van der Waals surface area contributed by atoms with Crippen molar-refractivity contribution in [2.45, 2.75) is 265 Å². The molecule has 0 aromatic heterocycles. The number of fused-ring (bicyclic) bond motifs is 7. The van der Waals surface area contributed by atoms with Crippen LogP contribution in [0.2, 0.25) is 0 Å². The third-order valence-electron chi connectivity index (χ3n) is 23.7. The van der Waals surface area contributed by atoms with Gasteiger partial charge in [0, 0.05) is 5.41 Å². The molecule has 5 saturated heterocycles. The number of allylic oxidation sites excluding steroid dienone is 2. The maximum absolute atomic E-state index is 14.9. The van der Waals surface area contributed by atoms with Gasteiger partial charge in [-0.15, -0.1) is 0 Å². The third-order valence-corrected chi connectivity index (χ3v) is 23.7. The highest BCUT2D eigenvalue weighted by molar-refractivity contribution is 5.80. The Balaban J connectivity index is 0.963. The molecule has 30 nitrogen and oxygen atoms in total. The van der Waals surface area contributed by atoms with E-state index in [4.69, 9.17) is 47.4 Å². The number of rotatable bonds is 16. The maximum atomic E-state index is 14.9. The van der Waals surface area contributed by atoms with Crippen LogP contribution in [0.25, 0.3) is 0 Å². The molecule has 5 heterocycles. The summed E-state index contributed by atoms with van der Waals surface area (Å²) >= 11 is 0. The molecule has 0 spiro atoms. The molecule has 5 aliphatic carbocycles. The molecule has 19 N–H and O–H groups in total. The lowest BCUT2D eigenvalue weighted by molar-refractivity contribution is -0.410. The molecule has 0 amide bonds. The summed E-state index contributed by atoms with van der Waals surface area (Å²) in [5, 5.41) is 208. The van der Waals surface area contributed by atoms with Crippen LogP contribution < -0.4 is 0 Å². The molecular formula is C60H98O30. The van der Waals surface area contributed by atoms with Crippen molar-refractivity contribution in [2.75, 3.05) is 39.6 Å². The van der Waals surface area contributed by atoms with Crippen LogP contribution >= 0.6 is 0 Å². The van der Waals surface area contributed by atoms with Gasteiger partial charge in [-0.2, -0.15) is 0 Å². The Labute approximate surface area is 520 Å². The fourth-order valence-electron chi connectivity index (χ4n) is 18.1. The molecule has 90 heavy (non-hydrogen) atoms. The predicted octanol–water partition coefficient (Wildman–Crippen LogP) is -6.27. The van der Waals surface area contributed by atoms with E-state index in [1.54, 1.807) is 0 Å². The number of ether oxygens (including phenoxy) is 10. The van der Waals surface area contributed by atoms with Gasteiger partial charge in [0.05, 0.1) is 51.8 Å². The van der Waals surface area contributed by atoms with Gasteiger partial charge in [0.1, 0.15) is 127 Å². The van der Waals surface area contributed by atoms with Gasteiger partial charge < -0.3 is 144 Å². The van der Waals surface area contributed by atoms with Crippen LogP contribution in [0.4, 0.5) is 0 Å². The van der Waals surface area contributed by atoms with Crippen LogP contribution in [-0.4, -0.2) is 308 Å². The molecule has 5 aliphatic heterocycles. The van der Waals surface area contributed by atoms with Crippen molar-refractivity contribution in [3.8, 4) is 0 Å². The van der Waals surface area contributed by atoms with Crippen molar-refractivity contribution in [2.24, 2.45) is 50.2 Å². The van der Waals surface area contributed by atoms with Gasteiger partial charge in [0.15, 0.2) is 25.2 Å². The lowest BCUT2D eigenvalue weighted by atomic mass is 9.33.